The lowest BCUT2D eigenvalue weighted by atomic mass is 10.0. The Labute approximate surface area is 178 Å². The van der Waals surface area contributed by atoms with E-state index in [-0.39, 0.29) is 12.1 Å². The van der Waals surface area contributed by atoms with Crippen molar-refractivity contribution in [2.24, 2.45) is 0 Å². The number of urea groups is 1. The van der Waals surface area contributed by atoms with Crippen molar-refractivity contribution in [3.8, 4) is 11.5 Å². The number of methoxy groups -OCH3 is 2. The first-order valence-electron chi connectivity index (χ1n) is 10.3. The van der Waals surface area contributed by atoms with E-state index in [2.05, 4.69) is 27.7 Å². The Bertz CT molecular complexity index is 794. The van der Waals surface area contributed by atoms with Crippen LogP contribution in [0.25, 0.3) is 0 Å². The minimum atomic E-state index is -0.162. The number of hydrogen-bond acceptors (Lipinski definition) is 5. The molecule has 1 atom stereocenters. The van der Waals surface area contributed by atoms with Crippen molar-refractivity contribution in [2.45, 2.75) is 12.5 Å². The quantitative estimate of drug-likeness (QED) is 0.661. The van der Waals surface area contributed by atoms with Gasteiger partial charge in [0, 0.05) is 26.2 Å². The number of rotatable bonds is 9. The van der Waals surface area contributed by atoms with Gasteiger partial charge in [0.05, 0.1) is 33.5 Å². The summed E-state index contributed by atoms with van der Waals surface area (Å²) in [6.07, 6.45) is 0.802. The van der Waals surface area contributed by atoms with Crippen LogP contribution >= 0.6 is 0 Å². The Morgan fingerprint density at radius 2 is 1.77 bits per heavy atom. The number of nitrogens with zero attached hydrogens (tertiary/aromatic N) is 1. The Hall–Kier alpha value is -2.77. The standard InChI is InChI=1S/C23H31N3O4/c1-28-21-9-8-19(16-22(21)29-2)20(26-12-14-30-15-13-26)17-25-23(27)24-11-10-18-6-4-3-5-7-18/h3-9,16,20H,10-15,17H2,1-2H3,(H2,24,25,27). The number of amides is 2. The molecule has 0 saturated carbocycles. The second kappa shape index (κ2) is 11.4. The van der Waals surface area contributed by atoms with Gasteiger partial charge < -0.3 is 24.8 Å². The van der Waals surface area contributed by atoms with Gasteiger partial charge in [0.1, 0.15) is 0 Å². The molecule has 0 bridgehead atoms. The molecule has 1 aliphatic rings. The van der Waals surface area contributed by atoms with E-state index >= 15 is 0 Å². The smallest absolute Gasteiger partial charge is 0.314 e. The summed E-state index contributed by atoms with van der Waals surface area (Å²) in [7, 11) is 3.25. The molecule has 2 aromatic carbocycles. The fraction of sp³-hybridized carbons (Fsp3) is 0.435. The molecule has 0 spiro atoms. The highest BCUT2D eigenvalue weighted by atomic mass is 16.5. The van der Waals surface area contributed by atoms with Crippen LogP contribution in [0.1, 0.15) is 17.2 Å². The number of ether oxygens (including phenoxy) is 3. The average Bonchev–Trinajstić information content (AvgIpc) is 2.80. The van der Waals surface area contributed by atoms with Gasteiger partial charge in [-0.25, -0.2) is 4.79 Å². The molecule has 30 heavy (non-hydrogen) atoms. The number of nitrogens with one attached hydrogen (secondary N) is 2. The lowest BCUT2D eigenvalue weighted by Crippen LogP contribution is -2.46. The first kappa shape index (κ1) is 21.9. The average molecular weight is 414 g/mol. The van der Waals surface area contributed by atoms with Crippen molar-refractivity contribution in [3.63, 3.8) is 0 Å². The lowest BCUT2D eigenvalue weighted by Gasteiger charge is -2.35. The number of carbonyl (C=O) groups is 1. The van der Waals surface area contributed by atoms with Crippen molar-refractivity contribution in [3.05, 3.63) is 59.7 Å². The van der Waals surface area contributed by atoms with E-state index in [1.807, 2.05) is 36.4 Å². The molecule has 162 valence electrons. The van der Waals surface area contributed by atoms with Crippen LogP contribution in [0, 0.1) is 0 Å². The van der Waals surface area contributed by atoms with E-state index in [9.17, 15) is 4.79 Å². The van der Waals surface area contributed by atoms with E-state index in [1.54, 1.807) is 14.2 Å². The first-order valence-corrected chi connectivity index (χ1v) is 10.3. The van der Waals surface area contributed by atoms with E-state index in [0.717, 1.165) is 25.1 Å². The molecule has 1 heterocycles. The van der Waals surface area contributed by atoms with Gasteiger partial charge in [0.25, 0.3) is 0 Å². The molecule has 7 heteroatoms. The Balaban J connectivity index is 1.60. The maximum absolute atomic E-state index is 12.4. The van der Waals surface area contributed by atoms with Gasteiger partial charge in [0.15, 0.2) is 11.5 Å². The summed E-state index contributed by atoms with van der Waals surface area (Å²) in [5, 5.41) is 5.97. The third kappa shape index (κ3) is 6.11. The zero-order valence-electron chi connectivity index (χ0n) is 17.7. The summed E-state index contributed by atoms with van der Waals surface area (Å²) in [4.78, 5) is 14.7. The van der Waals surface area contributed by atoms with Gasteiger partial charge in [-0.3, -0.25) is 4.90 Å². The van der Waals surface area contributed by atoms with Crippen molar-refractivity contribution >= 4 is 6.03 Å². The van der Waals surface area contributed by atoms with Gasteiger partial charge in [-0.15, -0.1) is 0 Å². The predicted octanol–water partition coefficient (Wildman–Crippen LogP) is 2.62. The summed E-state index contributed by atoms with van der Waals surface area (Å²) >= 11 is 0. The van der Waals surface area contributed by atoms with Crippen LogP contribution in [0.5, 0.6) is 11.5 Å². The molecule has 1 saturated heterocycles. The summed E-state index contributed by atoms with van der Waals surface area (Å²) in [5.41, 5.74) is 2.27. The Morgan fingerprint density at radius 1 is 1.03 bits per heavy atom. The maximum Gasteiger partial charge on any atom is 0.314 e. The second-order valence-corrected chi connectivity index (χ2v) is 7.15. The van der Waals surface area contributed by atoms with Gasteiger partial charge in [-0.2, -0.15) is 0 Å². The molecule has 1 aliphatic heterocycles. The molecule has 0 aromatic heterocycles. The zero-order chi connectivity index (χ0) is 21.2. The van der Waals surface area contributed by atoms with Gasteiger partial charge in [-0.1, -0.05) is 36.4 Å². The van der Waals surface area contributed by atoms with Crippen LogP contribution in [-0.2, 0) is 11.2 Å². The summed E-state index contributed by atoms with van der Waals surface area (Å²) in [5.74, 6) is 1.37. The first-order chi connectivity index (χ1) is 14.7. The molecular weight excluding hydrogens is 382 g/mol. The highest BCUT2D eigenvalue weighted by molar-refractivity contribution is 5.73. The normalized spacial score (nSPS) is 15.3. The molecule has 2 amide bonds. The van der Waals surface area contributed by atoms with Crippen LogP contribution in [0.2, 0.25) is 0 Å². The Kier molecular flexibility index (Phi) is 8.35. The van der Waals surface area contributed by atoms with Crippen LogP contribution < -0.4 is 20.1 Å². The monoisotopic (exact) mass is 413 g/mol. The Morgan fingerprint density at radius 3 is 2.47 bits per heavy atom. The summed E-state index contributed by atoms with van der Waals surface area (Å²) in [6, 6.07) is 15.9. The van der Waals surface area contributed by atoms with Crippen LogP contribution in [-0.4, -0.2) is 64.5 Å². The van der Waals surface area contributed by atoms with Crippen LogP contribution in [0.15, 0.2) is 48.5 Å². The van der Waals surface area contributed by atoms with Gasteiger partial charge >= 0.3 is 6.03 Å². The molecule has 2 aromatic rings. The van der Waals surface area contributed by atoms with Gasteiger partial charge in [-0.05, 0) is 29.7 Å². The van der Waals surface area contributed by atoms with E-state index < -0.39 is 0 Å². The van der Waals surface area contributed by atoms with E-state index in [1.165, 1.54) is 5.56 Å². The van der Waals surface area contributed by atoms with Crippen LogP contribution in [0.4, 0.5) is 4.79 Å². The predicted molar refractivity (Wildman–Crippen MR) is 116 cm³/mol. The van der Waals surface area contributed by atoms with E-state index in [4.69, 9.17) is 14.2 Å². The zero-order valence-corrected chi connectivity index (χ0v) is 17.7. The summed E-state index contributed by atoms with van der Waals surface area (Å²) in [6.45, 7) is 4.09. The summed E-state index contributed by atoms with van der Waals surface area (Å²) < 4.78 is 16.3. The molecule has 0 aliphatic carbocycles. The molecule has 0 radical (unpaired) electrons. The molecule has 7 nitrogen and oxygen atoms in total. The molecule has 1 unspecified atom stereocenters. The molecule has 1 fully saturated rings. The fourth-order valence-corrected chi connectivity index (χ4v) is 3.62. The molecular formula is C23H31N3O4. The van der Waals surface area contributed by atoms with Gasteiger partial charge in [0.2, 0.25) is 0 Å². The maximum atomic E-state index is 12.4. The second-order valence-electron chi connectivity index (χ2n) is 7.15. The SMILES string of the molecule is COc1ccc(C(CNC(=O)NCCc2ccccc2)N2CCOCC2)cc1OC. The number of benzene rings is 2. The van der Waals surface area contributed by atoms with Crippen molar-refractivity contribution in [1.82, 2.24) is 15.5 Å². The lowest BCUT2D eigenvalue weighted by molar-refractivity contribution is 0.0166. The largest absolute Gasteiger partial charge is 0.493 e. The highest BCUT2D eigenvalue weighted by Gasteiger charge is 2.24. The van der Waals surface area contributed by atoms with Crippen LogP contribution in [0.3, 0.4) is 0 Å². The number of hydrogen-bond donors (Lipinski definition) is 2. The fourth-order valence-electron chi connectivity index (χ4n) is 3.62. The van der Waals surface area contributed by atoms with Crippen molar-refractivity contribution < 1.29 is 19.0 Å². The number of morpholine rings is 1. The number of carbonyl (C=O) groups excluding carboxylic acids is 1. The third-order valence-electron chi connectivity index (χ3n) is 5.28. The van der Waals surface area contributed by atoms with Crippen molar-refractivity contribution in [2.75, 3.05) is 53.6 Å². The topological polar surface area (TPSA) is 72.1 Å². The van der Waals surface area contributed by atoms with Crippen molar-refractivity contribution in [1.29, 1.82) is 0 Å². The minimum Gasteiger partial charge on any atom is -0.493 e. The highest BCUT2D eigenvalue weighted by Crippen LogP contribution is 2.32. The molecule has 2 N–H and O–H groups in total. The molecule has 3 rings (SSSR count). The third-order valence-corrected chi connectivity index (χ3v) is 5.28. The minimum absolute atomic E-state index is 0.0218. The van der Waals surface area contributed by atoms with E-state index in [0.29, 0.717) is 37.8 Å².